The number of anilines is 1. The zero-order chi connectivity index (χ0) is 14.0. The Bertz CT molecular complexity index is 488. The number of nitro groups is 1. The van der Waals surface area contributed by atoms with Crippen molar-refractivity contribution in [2.24, 2.45) is 5.41 Å². The third kappa shape index (κ3) is 3.60. The first-order chi connectivity index (χ1) is 8.87. The molecule has 0 aromatic heterocycles. The van der Waals surface area contributed by atoms with Crippen LogP contribution in [0.5, 0.6) is 0 Å². The number of non-ortho nitro benzene ring substituents is 1. The lowest BCUT2D eigenvalue weighted by molar-refractivity contribution is -0.384. The van der Waals surface area contributed by atoms with E-state index in [4.69, 9.17) is 11.6 Å². The Morgan fingerprint density at radius 3 is 2.79 bits per heavy atom. The maximum atomic E-state index is 10.7. The second-order valence-corrected chi connectivity index (χ2v) is 6.43. The van der Waals surface area contributed by atoms with Gasteiger partial charge in [0.05, 0.1) is 15.6 Å². The predicted octanol–water partition coefficient (Wildman–Crippen LogP) is 4.63. The zero-order valence-corrected chi connectivity index (χ0v) is 12.0. The van der Waals surface area contributed by atoms with E-state index >= 15 is 0 Å². The van der Waals surface area contributed by atoms with Gasteiger partial charge in [0.1, 0.15) is 0 Å². The summed E-state index contributed by atoms with van der Waals surface area (Å²) in [4.78, 5) is 10.2. The van der Waals surface area contributed by atoms with Gasteiger partial charge in [0.25, 0.3) is 5.69 Å². The number of nitro benzene ring substituents is 1. The van der Waals surface area contributed by atoms with Gasteiger partial charge in [0.2, 0.25) is 0 Å². The molecule has 0 bridgehead atoms. The highest BCUT2D eigenvalue weighted by Crippen LogP contribution is 2.37. The maximum Gasteiger partial charge on any atom is 0.271 e. The summed E-state index contributed by atoms with van der Waals surface area (Å²) in [5.41, 5.74) is 1.16. The minimum Gasteiger partial charge on any atom is -0.381 e. The van der Waals surface area contributed by atoms with Crippen LogP contribution in [0.4, 0.5) is 11.4 Å². The summed E-state index contributed by atoms with van der Waals surface area (Å²) < 4.78 is 0. The summed E-state index contributed by atoms with van der Waals surface area (Å²) in [6.07, 6.45) is 4.67. The lowest BCUT2D eigenvalue weighted by Gasteiger charge is -2.36. The summed E-state index contributed by atoms with van der Waals surface area (Å²) in [7, 11) is 0. The maximum absolute atomic E-state index is 10.7. The van der Waals surface area contributed by atoms with E-state index in [9.17, 15) is 10.1 Å². The summed E-state index contributed by atoms with van der Waals surface area (Å²) in [5, 5.41) is 14.5. The van der Waals surface area contributed by atoms with Crippen LogP contribution in [0.1, 0.15) is 39.5 Å². The number of nitrogens with one attached hydrogen (secondary N) is 1. The summed E-state index contributed by atoms with van der Waals surface area (Å²) in [6, 6.07) is 4.98. The van der Waals surface area contributed by atoms with E-state index < -0.39 is 4.92 Å². The third-order valence-electron chi connectivity index (χ3n) is 3.73. The molecule has 2 rings (SSSR count). The van der Waals surface area contributed by atoms with Crippen molar-refractivity contribution in [1.29, 1.82) is 0 Å². The Balaban J connectivity index is 2.09. The molecule has 19 heavy (non-hydrogen) atoms. The van der Waals surface area contributed by atoms with Crippen LogP contribution < -0.4 is 5.32 Å². The molecule has 1 saturated carbocycles. The first kappa shape index (κ1) is 14.1. The fraction of sp³-hybridized carbons (Fsp3) is 0.571. The van der Waals surface area contributed by atoms with E-state index in [0.717, 1.165) is 18.5 Å². The van der Waals surface area contributed by atoms with Crippen molar-refractivity contribution >= 4 is 23.0 Å². The van der Waals surface area contributed by atoms with Crippen LogP contribution in [0.3, 0.4) is 0 Å². The largest absolute Gasteiger partial charge is 0.381 e. The summed E-state index contributed by atoms with van der Waals surface area (Å²) >= 11 is 6.10. The number of halogens is 1. The van der Waals surface area contributed by atoms with Crippen LogP contribution in [-0.4, -0.2) is 11.0 Å². The Morgan fingerprint density at radius 1 is 1.47 bits per heavy atom. The molecule has 0 spiro atoms. The predicted molar refractivity (Wildman–Crippen MR) is 77.8 cm³/mol. The summed E-state index contributed by atoms with van der Waals surface area (Å²) in [6.45, 7) is 4.55. The van der Waals surface area contributed by atoms with E-state index in [-0.39, 0.29) is 5.69 Å². The standard InChI is InChI=1S/C14H19ClN2O2/c1-14(2)7-3-4-10(9-14)16-13-6-5-11(17(18)19)8-12(13)15/h5-6,8,10,16H,3-4,7,9H2,1-2H3. The normalized spacial score (nSPS) is 21.9. The quantitative estimate of drug-likeness (QED) is 0.649. The van der Waals surface area contributed by atoms with E-state index in [1.807, 2.05) is 0 Å². The van der Waals surface area contributed by atoms with Gasteiger partial charge in [-0.1, -0.05) is 31.9 Å². The molecular formula is C14H19ClN2O2. The van der Waals surface area contributed by atoms with Crippen molar-refractivity contribution in [3.05, 3.63) is 33.3 Å². The van der Waals surface area contributed by atoms with Gasteiger partial charge in [0, 0.05) is 18.2 Å². The van der Waals surface area contributed by atoms with Crippen molar-refractivity contribution < 1.29 is 4.92 Å². The number of hydrogen-bond acceptors (Lipinski definition) is 3. The van der Waals surface area contributed by atoms with Crippen LogP contribution >= 0.6 is 11.6 Å². The van der Waals surface area contributed by atoms with E-state index in [1.165, 1.54) is 25.0 Å². The molecule has 0 heterocycles. The zero-order valence-electron chi connectivity index (χ0n) is 11.3. The molecule has 0 amide bonds. The topological polar surface area (TPSA) is 55.2 Å². The molecule has 0 radical (unpaired) electrons. The highest BCUT2D eigenvalue weighted by Gasteiger charge is 2.28. The lowest BCUT2D eigenvalue weighted by Crippen LogP contribution is -2.31. The smallest absolute Gasteiger partial charge is 0.271 e. The van der Waals surface area contributed by atoms with Gasteiger partial charge in [-0.3, -0.25) is 10.1 Å². The molecule has 0 aliphatic heterocycles. The molecule has 4 nitrogen and oxygen atoms in total. The molecule has 0 saturated heterocycles. The molecule has 1 aromatic carbocycles. The van der Waals surface area contributed by atoms with E-state index in [0.29, 0.717) is 16.5 Å². The number of hydrogen-bond donors (Lipinski definition) is 1. The molecule has 1 aromatic rings. The van der Waals surface area contributed by atoms with Crippen molar-refractivity contribution in [2.45, 2.75) is 45.6 Å². The van der Waals surface area contributed by atoms with Gasteiger partial charge < -0.3 is 5.32 Å². The lowest BCUT2D eigenvalue weighted by atomic mass is 9.75. The van der Waals surface area contributed by atoms with Gasteiger partial charge in [-0.05, 0) is 30.7 Å². The van der Waals surface area contributed by atoms with Crippen LogP contribution in [0.25, 0.3) is 0 Å². The average Bonchev–Trinajstić information content (AvgIpc) is 2.30. The molecule has 1 N–H and O–H groups in total. The van der Waals surface area contributed by atoms with E-state index in [2.05, 4.69) is 19.2 Å². The molecule has 1 aliphatic carbocycles. The van der Waals surface area contributed by atoms with Gasteiger partial charge in [-0.2, -0.15) is 0 Å². The van der Waals surface area contributed by atoms with Gasteiger partial charge in [0.15, 0.2) is 0 Å². The highest BCUT2D eigenvalue weighted by molar-refractivity contribution is 6.33. The van der Waals surface area contributed by atoms with Gasteiger partial charge >= 0.3 is 0 Å². The average molecular weight is 283 g/mol. The van der Waals surface area contributed by atoms with Crippen molar-refractivity contribution in [1.82, 2.24) is 0 Å². The van der Waals surface area contributed by atoms with Crippen LogP contribution in [0, 0.1) is 15.5 Å². The number of rotatable bonds is 3. The second kappa shape index (κ2) is 5.37. The van der Waals surface area contributed by atoms with Crippen LogP contribution in [-0.2, 0) is 0 Å². The molecule has 1 aliphatic rings. The minimum atomic E-state index is -0.431. The van der Waals surface area contributed by atoms with Gasteiger partial charge in [-0.25, -0.2) is 0 Å². The van der Waals surface area contributed by atoms with Gasteiger partial charge in [-0.15, -0.1) is 0 Å². The summed E-state index contributed by atoms with van der Waals surface area (Å²) in [5.74, 6) is 0. The molecule has 5 heteroatoms. The first-order valence-electron chi connectivity index (χ1n) is 6.58. The molecule has 1 atom stereocenters. The Morgan fingerprint density at radius 2 is 2.21 bits per heavy atom. The Hall–Kier alpha value is -1.29. The molecule has 1 fully saturated rings. The first-order valence-corrected chi connectivity index (χ1v) is 6.96. The highest BCUT2D eigenvalue weighted by atomic mass is 35.5. The SMILES string of the molecule is CC1(C)CCCC(Nc2ccc([N+](=O)[O-])cc2Cl)C1. The Kier molecular flexibility index (Phi) is 3.99. The van der Waals surface area contributed by atoms with Crippen LogP contribution in [0.15, 0.2) is 18.2 Å². The fourth-order valence-corrected chi connectivity index (χ4v) is 3.01. The third-order valence-corrected chi connectivity index (χ3v) is 4.04. The number of benzene rings is 1. The molecular weight excluding hydrogens is 264 g/mol. The molecule has 1 unspecified atom stereocenters. The second-order valence-electron chi connectivity index (χ2n) is 6.02. The van der Waals surface area contributed by atoms with Crippen LogP contribution in [0.2, 0.25) is 5.02 Å². The van der Waals surface area contributed by atoms with E-state index in [1.54, 1.807) is 6.07 Å². The van der Waals surface area contributed by atoms with Crippen molar-refractivity contribution in [3.63, 3.8) is 0 Å². The molecule has 104 valence electrons. The van der Waals surface area contributed by atoms with Crippen molar-refractivity contribution in [3.8, 4) is 0 Å². The fourth-order valence-electron chi connectivity index (χ4n) is 2.78. The van der Waals surface area contributed by atoms with Crippen molar-refractivity contribution in [2.75, 3.05) is 5.32 Å². The minimum absolute atomic E-state index is 0.0273. The Labute approximate surface area is 118 Å². The number of nitrogens with zero attached hydrogens (tertiary/aromatic N) is 1. The monoisotopic (exact) mass is 282 g/mol.